The maximum absolute atomic E-state index is 12.8. The minimum atomic E-state index is -4.39. The Morgan fingerprint density at radius 3 is 0.916 bits per heavy atom. The average Bonchev–Trinajstić information content (AvgIpc) is 3.49. The zero-order valence-corrected chi connectivity index (χ0v) is 56.4. The molecule has 0 rings (SSSR count). The third kappa shape index (κ3) is 69.5. The molecule has 0 aliphatic heterocycles. The van der Waals surface area contributed by atoms with Gasteiger partial charge in [-0.15, -0.1) is 0 Å². The van der Waals surface area contributed by atoms with Gasteiger partial charge >= 0.3 is 19.8 Å². The second kappa shape index (κ2) is 69.6. The normalized spacial score (nSPS) is 13.0. The summed E-state index contributed by atoms with van der Waals surface area (Å²) in [5, 5.41) is 0. The van der Waals surface area contributed by atoms with Gasteiger partial charge in [-0.05, 0) is 44.9 Å². The predicted molar refractivity (Wildman–Crippen MR) is 358 cm³/mol. The number of hydrogen-bond donors (Lipinski definition) is 2. The lowest BCUT2D eigenvalue weighted by molar-refractivity contribution is -0.161. The molecule has 492 valence electrons. The van der Waals surface area contributed by atoms with Crippen LogP contribution < -0.4 is 5.73 Å². The van der Waals surface area contributed by atoms with Crippen molar-refractivity contribution in [1.29, 1.82) is 0 Å². The standard InChI is InChI=1S/C73H142NO8P/c1-3-5-7-9-11-13-15-17-19-21-23-25-27-29-31-33-34-35-36-38-39-41-43-45-47-49-51-53-55-57-59-61-63-65-72(75)79-69-71(70-81-83(77,78)80-68-67-74)82-73(76)66-64-62-60-58-56-54-52-50-48-46-44-42-40-37-32-30-28-26-24-22-20-18-16-14-12-10-8-6-4-2/h16,18,22,24,71H,3-15,17,19-21,23,25-70,74H2,1-2H3,(H,77,78)/b18-16-,24-22-. The third-order valence-corrected chi connectivity index (χ3v) is 17.8. The van der Waals surface area contributed by atoms with Gasteiger partial charge in [-0.25, -0.2) is 4.57 Å². The lowest BCUT2D eigenvalue weighted by Crippen LogP contribution is -2.29. The summed E-state index contributed by atoms with van der Waals surface area (Å²) in [6, 6.07) is 0. The first kappa shape index (κ1) is 81.5. The molecule has 2 unspecified atom stereocenters. The SMILES string of the molecule is CCCCCCC/C=C\C/C=C\CCCCCCCCCCCCCCCCCCCC(=O)OC(COC(=O)CCCCCCCCCCCCCCCCCCCCCCCCCCCCCCCCCCC)COP(=O)(O)OCCN. The number of phosphoric acid groups is 1. The zero-order valence-electron chi connectivity index (χ0n) is 55.5. The summed E-state index contributed by atoms with van der Waals surface area (Å²) in [7, 11) is -4.39. The number of allylic oxidation sites excluding steroid dienone is 4. The van der Waals surface area contributed by atoms with Crippen LogP contribution in [0.15, 0.2) is 24.3 Å². The third-order valence-electron chi connectivity index (χ3n) is 16.8. The van der Waals surface area contributed by atoms with Crippen LogP contribution >= 0.6 is 7.82 Å². The molecule has 0 aliphatic carbocycles. The highest BCUT2D eigenvalue weighted by Crippen LogP contribution is 2.43. The van der Waals surface area contributed by atoms with E-state index in [2.05, 4.69) is 38.2 Å². The highest BCUT2D eigenvalue weighted by Gasteiger charge is 2.26. The van der Waals surface area contributed by atoms with E-state index in [-0.39, 0.29) is 38.6 Å². The minimum absolute atomic E-state index is 0.0568. The van der Waals surface area contributed by atoms with E-state index >= 15 is 0 Å². The monoisotopic (exact) mass is 1190 g/mol. The number of esters is 2. The van der Waals surface area contributed by atoms with Crippen molar-refractivity contribution in [3.8, 4) is 0 Å². The van der Waals surface area contributed by atoms with Gasteiger partial charge in [-0.3, -0.25) is 18.6 Å². The van der Waals surface area contributed by atoms with E-state index in [1.165, 1.54) is 327 Å². The van der Waals surface area contributed by atoms with E-state index in [0.29, 0.717) is 6.42 Å². The van der Waals surface area contributed by atoms with Crippen molar-refractivity contribution < 1.29 is 37.6 Å². The van der Waals surface area contributed by atoms with Crippen molar-refractivity contribution in [1.82, 2.24) is 0 Å². The lowest BCUT2D eigenvalue weighted by atomic mass is 10.0. The topological polar surface area (TPSA) is 134 Å². The minimum Gasteiger partial charge on any atom is -0.462 e. The molecule has 10 heteroatoms. The number of carbonyl (C=O) groups is 2. The van der Waals surface area contributed by atoms with Crippen molar-refractivity contribution >= 4 is 19.8 Å². The zero-order chi connectivity index (χ0) is 60.1. The first-order valence-corrected chi connectivity index (χ1v) is 38.3. The molecule has 0 amide bonds. The van der Waals surface area contributed by atoms with Crippen molar-refractivity contribution in [2.24, 2.45) is 5.73 Å². The Labute approximate surface area is 516 Å². The Morgan fingerprint density at radius 2 is 0.627 bits per heavy atom. The van der Waals surface area contributed by atoms with Crippen LogP contribution in [0.1, 0.15) is 399 Å². The van der Waals surface area contributed by atoms with E-state index in [4.69, 9.17) is 24.3 Å². The molecule has 0 fully saturated rings. The van der Waals surface area contributed by atoms with Gasteiger partial charge in [-0.1, -0.05) is 366 Å². The van der Waals surface area contributed by atoms with Gasteiger partial charge < -0.3 is 20.1 Å². The molecule has 0 heterocycles. The van der Waals surface area contributed by atoms with Crippen LogP contribution in [0.3, 0.4) is 0 Å². The highest BCUT2D eigenvalue weighted by molar-refractivity contribution is 7.47. The summed E-state index contributed by atoms with van der Waals surface area (Å²) in [4.78, 5) is 35.4. The summed E-state index contributed by atoms with van der Waals surface area (Å²) < 4.78 is 33.2. The second-order valence-corrected chi connectivity index (χ2v) is 26.6. The van der Waals surface area contributed by atoms with Crippen molar-refractivity contribution in [3.05, 3.63) is 24.3 Å². The number of unbranched alkanes of at least 4 members (excludes halogenated alkanes) is 54. The predicted octanol–water partition coefficient (Wildman–Crippen LogP) is 24.1. The number of ether oxygens (including phenoxy) is 2. The van der Waals surface area contributed by atoms with Crippen LogP contribution in [0.25, 0.3) is 0 Å². The van der Waals surface area contributed by atoms with Gasteiger partial charge in [-0.2, -0.15) is 0 Å². The fraction of sp³-hybridized carbons (Fsp3) is 0.918. The maximum Gasteiger partial charge on any atom is 0.472 e. The van der Waals surface area contributed by atoms with Crippen LogP contribution in [0.2, 0.25) is 0 Å². The fourth-order valence-electron chi connectivity index (χ4n) is 11.4. The second-order valence-electron chi connectivity index (χ2n) is 25.2. The Kier molecular flexibility index (Phi) is 68.3. The van der Waals surface area contributed by atoms with Crippen LogP contribution in [-0.2, 0) is 32.7 Å². The first-order chi connectivity index (χ1) is 40.8. The Bertz CT molecular complexity index is 1410. The van der Waals surface area contributed by atoms with Gasteiger partial charge in [0.25, 0.3) is 0 Å². The molecule has 0 aliphatic rings. The largest absolute Gasteiger partial charge is 0.472 e. The van der Waals surface area contributed by atoms with E-state index in [9.17, 15) is 19.0 Å². The van der Waals surface area contributed by atoms with E-state index in [0.717, 1.165) is 38.5 Å². The van der Waals surface area contributed by atoms with E-state index in [1.807, 2.05) is 0 Å². The summed E-state index contributed by atoms with van der Waals surface area (Å²) in [5.41, 5.74) is 5.41. The summed E-state index contributed by atoms with van der Waals surface area (Å²) in [6.45, 7) is 3.82. The molecule has 0 saturated carbocycles. The van der Waals surface area contributed by atoms with Crippen molar-refractivity contribution in [3.63, 3.8) is 0 Å². The molecule has 0 spiro atoms. The number of hydrogen-bond acceptors (Lipinski definition) is 8. The Balaban J connectivity index is 3.78. The molecule has 0 aromatic rings. The number of nitrogens with two attached hydrogens (primary N) is 1. The van der Waals surface area contributed by atoms with Crippen LogP contribution in [-0.4, -0.2) is 49.3 Å². The maximum atomic E-state index is 12.8. The molecule has 83 heavy (non-hydrogen) atoms. The average molecular weight is 1190 g/mol. The molecule has 0 bridgehead atoms. The van der Waals surface area contributed by atoms with Crippen LogP contribution in [0.4, 0.5) is 0 Å². The van der Waals surface area contributed by atoms with Crippen LogP contribution in [0.5, 0.6) is 0 Å². The molecule has 0 aromatic heterocycles. The molecule has 0 radical (unpaired) electrons. The Hall–Kier alpha value is -1.51. The molecular weight excluding hydrogens is 1050 g/mol. The van der Waals surface area contributed by atoms with E-state index in [1.54, 1.807) is 0 Å². The molecule has 2 atom stereocenters. The smallest absolute Gasteiger partial charge is 0.462 e. The summed E-state index contributed by atoms with van der Waals surface area (Å²) >= 11 is 0. The first-order valence-electron chi connectivity index (χ1n) is 36.8. The summed E-state index contributed by atoms with van der Waals surface area (Å²) in [5.74, 6) is -0.802. The van der Waals surface area contributed by atoms with E-state index < -0.39 is 26.5 Å². The van der Waals surface area contributed by atoms with Crippen LogP contribution in [0, 0.1) is 0 Å². The molecule has 9 nitrogen and oxygen atoms in total. The van der Waals surface area contributed by atoms with Gasteiger partial charge in [0, 0.05) is 19.4 Å². The highest BCUT2D eigenvalue weighted by atomic mass is 31.2. The number of carbonyl (C=O) groups excluding carboxylic acids is 2. The number of rotatable bonds is 71. The fourth-order valence-corrected chi connectivity index (χ4v) is 12.1. The summed E-state index contributed by atoms with van der Waals surface area (Å²) in [6.07, 6.45) is 85.8. The van der Waals surface area contributed by atoms with Gasteiger partial charge in [0.05, 0.1) is 13.2 Å². The quantitative estimate of drug-likeness (QED) is 0.0264. The van der Waals surface area contributed by atoms with Crippen molar-refractivity contribution in [2.75, 3.05) is 26.4 Å². The molecular formula is C73H142NO8P. The molecule has 0 saturated heterocycles. The van der Waals surface area contributed by atoms with Gasteiger partial charge in [0.15, 0.2) is 6.10 Å². The molecule has 0 aromatic carbocycles. The Morgan fingerprint density at radius 1 is 0.361 bits per heavy atom. The van der Waals surface area contributed by atoms with Crippen molar-refractivity contribution in [2.45, 2.75) is 405 Å². The van der Waals surface area contributed by atoms with Gasteiger partial charge in [0.2, 0.25) is 0 Å². The molecule has 3 N–H and O–H groups in total. The van der Waals surface area contributed by atoms with Gasteiger partial charge in [0.1, 0.15) is 6.61 Å². The lowest BCUT2D eigenvalue weighted by Gasteiger charge is -2.19. The number of phosphoric ester groups is 1.